The van der Waals surface area contributed by atoms with Crippen molar-refractivity contribution in [1.82, 2.24) is 9.97 Å². The van der Waals surface area contributed by atoms with Crippen LogP contribution in [0.2, 0.25) is 0 Å². The maximum Gasteiger partial charge on any atom is 0.267 e. The van der Waals surface area contributed by atoms with Crippen LogP contribution in [0.1, 0.15) is 15.2 Å². The van der Waals surface area contributed by atoms with Crippen LogP contribution in [0.25, 0.3) is 22.2 Å². The number of fused-ring (bicyclic) bond motifs is 1. The molecular weight excluding hydrogens is 326 g/mol. The summed E-state index contributed by atoms with van der Waals surface area (Å²) in [4.78, 5) is 20.8. The third-order valence-corrected chi connectivity index (χ3v) is 5.43. The Hall–Kier alpha value is -2.44. The van der Waals surface area contributed by atoms with E-state index in [2.05, 4.69) is 21.4 Å². The quantitative estimate of drug-likeness (QED) is 0.557. The van der Waals surface area contributed by atoms with Crippen LogP contribution in [0.4, 0.5) is 5.13 Å². The lowest BCUT2D eigenvalue weighted by Gasteiger charge is -2.00. The van der Waals surface area contributed by atoms with Gasteiger partial charge in [-0.2, -0.15) is 0 Å². The van der Waals surface area contributed by atoms with E-state index < -0.39 is 0 Å². The number of aryl methyl sites for hydroxylation is 1. The van der Waals surface area contributed by atoms with Gasteiger partial charge in [0.05, 0.1) is 10.6 Å². The first kappa shape index (κ1) is 14.2. The fourth-order valence-electron chi connectivity index (χ4n) is 2.50. The molecule has 1 aromatic carbocycles. The third-order valence-electron chi connectivity index (χ3n) is 3.66. The average Bonchev–Trinajstić information content (AvgIpc) is 3.25. The number of aromatic nitrogens is 2. The minimum atomic E-state index is -0.0997. The Balaban J connectivity index is 1.62. The molecule has 23 heavy (non-hydrogen) atoms. The van der Waals surface area contributed by atoms with Gasteiger partial charge >= 0.3 is 0 Å². The molecule has 4 nitrogen and oxygen atoms in total. The summed E-state index contributed by atoms with van der Waals surface area (Å²) < 4.78 is 0. The number of para-hydroxylation sites is 1. The Morgan fingerprint density at radius 2 is 2.09 bits per heavy atom. The molecule has 0 unspecified atom stereocenters. The number of carbonyl (C=O) groups is 1. The summed E-state index contributed by atoms with van der Waals surface area (Å²) in [5.41, 5.74) is 3.98. The molecule has 0 spiro atoms. The fraction of sp³-hybridized carbons (Fsp3) is 0.0588. The number of thiazole rings is 1. The number of hydrogen-bond donors (Lipinski definition) is 2. The number of H-pyrrole nitrogens is 1. The number of nitrogens with zero attached hydrogens (tertiary/aromatic N) is 1. The zero-order valence-corrected chi connectivity index (χ0v) is 13.9. The normalized spacial score (nSPS) is 11.0. The predicted octanol–water partition coefficient (Wildman–Crippen LogP) is 4.91. The molecule has 0 saturated carbocycles. The first-order valence-electron chi connectivity index (χ1n) is 7.10. The summed E-state index contributed by atoms with van der Waals surface area (Å²) in [5.74, 6) is -0.0997. The number of nitrogens with one attached hydrogen (secondary N) is 2. The Bertz CT molecular complexity index is 996. The van der Waals surface area contributed by atoms with Crippen molar-refractivity contribution in [1.29, 1.82) is 0 Å². The van der Waals surface area contributed by atoms with Crippen LogP contribution in [0.3, 0.4) is 0 Å². The SMILES string of the molecule is Cc1ccsc1C(=O)Nc1nc(-c2c[nH]c3ccccc23)cs1. The fourth-order valence-corrected chi connectivity index (χ4v) is 4.02. The summed E-state index contributed by atoms with van der Waals surface area (Å²) in [5, 5.41) is 8.51. The van der Waals surface area contributed by atoms with Crippen molar-refractivity contribution in [3.05, 3.63) is 57.7 Å². The van der Waals surface area contributed by atoms with Gasteiger partial charge in [0.15, 0.2) is 5.13 Å². The number of aromatic amines is 1. The Morgan fingerprint density at radius 1 is 1.22 bits per heavy atom. The maximum absolute atomic E-state index is 12.3. The van der Waals surface area contributed by atoms with Crippen molar-refractivity contribution in [2.75, 3.05) is 5.32 Å². The molecule has 0 aliphatic carbocycles. The van der Waals surface area contributed by atoms with E-state index in [1.165, 1.54) is 22.7 Å². The molecule has 0 radical (unpaired) electrons. The molecule has 0 fully saturated rings. The molecule has 3 aromatic heterocycles. The molecule has 1 amide bonds. The minimum absolute atomic E-state index is 0.0997. The molecule has 3 heterocycles. The summed E-state index contributed by atoms with van der Waals surface area (Å²) in [7, 11) is 0. The Morgan fingerprint density at radius 3 is 2.91 bits per heavy atom. The second kappa shape index (κ2) is 5.64. The van der Waals surface area contributed by atoms with Crippen molar-refractivity contribution >= 4 is 44.6 Å². The molecule has 0 aliphatic rings. The number of thiophene rings is 1. The first-order chi connectivity index (χ1) is 11.2. The van der Waals surface area contributed by atoms with Gasteiger partial charge in [-0.25, -0.2) is 4.98 Å². The lowest BCUT2D eigenvalue weighted by molar-refractivity contribution is 0.103. The van der Waals surface area contributed by atoms with Gasteiger partial charge in [-0.05, 0) is 30.0 Å². The third kappa shape index (κ3) is 2.56. The number of hydrogen-bond acceptors (Lipinski definition) is 4. The zero-order chi connectivity index (χ0) is 15.8. The van der Waals surface area contributed by atoms with Gasteiger partial charge in [0.25, 0.3) is 5.91 Å². The van der Waals surface area contributed by atoms with Crippen LogP contribution in [0.15, 0.2) is 47.3 Å². The highest BCUT2D eigenvalue weighted by Gasteiger charge is 2.14. The predicted molar refractivity (Wildman–Crippen MR) is 96.4 cm³/mol. The molecule has 114 valence electrons. The average molecular weight is 339 g/mol. The largest absolute Gasteiger partial charge is 0.360 e. The number of amides is 1. The summed E-state index contributed by atoms with van der Waals surface area (Å²) in [6.45, 7) is 1.94. The highest BCUT2D eigenvalue weighted by Crippen LogP contribution is 2.31. The minimum Gasteiger partial charge on any atom is -0.360 e. The van der Waals surface area contributed by atoms with Crippen LogP contribution in [-0.2, 0) is 0 Å². The number of carbonyl (C=O) groups excluding carboxylic acids is 1. The summed E-state index contributed by atoms with van der Waals surface area (Å²) >= 11 is 2.88. The van der Waals surface area contributed by atoms with E-state index in [4.69, 9.17) is 0 Å². The second-order valence-corrected chi connectivity index (χ2v) is 6.95. The van der Waals surface area contributed by atoms with E-state index >= 15 is 0 Å². The van der Waals surface area contributed by atoms with Gasteiger partial charge in [0.1, 0.15) is 0 Å². The lowest BCUT2D eigenvalue weighted by Crippen LogP contribution is -2.10. The van der Waals surface area contributed by atoms with Gasteiger partial charge in [-0.1, -0.05) is 18.2 Å². The molecular formula is C17H13N3OS2. The molecule has 4 aromatic rings. The summed E-state index contributed by atoms with van der Waals surface area (Å²) in [6.07, 6.45) is 1.95. The standard InChI is InChI=1S/C17H13N3OS2/c1-10-6-7-22-15(10)16(21)20-17-19-14(9-23-17)12-8-18-13-5-3-2-4-11(12)13/h2-9,18H,1H3,(H,19,20,21). The van der Waals surface area contributed by atoms with E-state index in [1.54, 1.807) is 0 Å². The van der Waals surface area contributed by atoms with E-state index in [-0.39, 0.29) is 5.91 Å². The van der Waals surface area contributed by atoms with Gasteiger partial charge < -0.3 is 4.98 Å². The Kier molecular flexibility index (Phi) is 3.48. The van der Waals surface area contributed by atoms with Crippen molar-refractivity contribution in [2.24, 2.45) is 0 Å². The van der Waals surface area contributed by atoms with Crippen molar-refractivity contribution < 1.29 is 4.79 Å². The van der Waals surface area contributed by atoms with Gasteiger partial charge in [0, 0.05) is 28.0 Å². The lowest BCUT2D eigenvalue weighted by atomic mass is 10.1. The van der Waals surface area contributed by atoms with E-state index in [1.807, 2.05) is 48.1 Å². The van der Waals surface area contributed by atoms with Crippen LogP contribution >= 0.6 is 22.7 Å². The Labute approximate surface area is 140 Å². The van der Waals surface area contributed by atoms with Gasteiger partial charge in [-0.3, -0.25) is 10.1 Å². The van der Waals surface area contributed by atoms with Crippen molar-refractivity contribution in [3.63, 3.8) is 0 Å². The smallest absolute Gasteiger partial charge is 0.267 e. The number of benzene rings is 1. The maximum atomic E-state index is 12.3. The van der Waals surface area contributed by atoms with Crippen LogP contribution < -0.4 is 5.32 Å². The topological polar surface area (TPSA) is 57.8 Å². The van der Waals surface area contributed by atoms with Crippen LogP contribution in [0, 0.1) is 6.92 Å². The monoisotopic (exact) mass is 339 g/mol. The van der Waals surface area contributed by atoms with Crippen molar-refractivity contribution in [2.45, 2.75) is 6.92 Å². The van der Waals surface area contributed by atoms with Crippen molar-refractivity contribution in [3.8, 4) is 11.3 Å². The first-order valence-corrected chi connectivity index (χ1v) is 8.86. The zero-order valence-electron chi connectivity index (χ0n) is 12.3. The molecule has 0 atom stereocenters. The highest BCUT2D eigenvalue weighted by atomic mass is 32.1. The molecule has 4 rings (SSSR count). The van der Waals surface area contributed by atoms with E-state index in [0.29, 0.717) is 5.13 Å². The van der Waals surface area contributed by atoms with Gasteiger partial charge in [0.2, 0.25) is 0 Å². The van der Waals surface area contributed by atoms with Crippen LogP contribution in [0.5, 0.6) is 0 Å². The highest BCUT2D eigenvalue weighted by molar-refractivity contribution is 7.14. The van der Waals surface area contributed by atoms with Crippen LogP contribution in [-0.4, -0.2) is 15.9 Å². The molecule has 6 heteroatoms. The molecule has 2 N–H and O–H groups in total. The molecule has 0 saturated heterocycles. The van der Waals surface area contributed by atoms with Gasteiger partial charge in [-0.15, -0.1) is 22.7 Å². The number of rotatable bonds is 3. The second-order valence-electron chi connectivity index (χ2n) is 5.17. The molecule has 0 bridgehead atoms. The summed E-state index contributed by atoms with van der Waals surface area (Å²) in [6, 6.07) is 10.0. The van der Waals surface area contributed by atoms with E-state index in [9.17, 15) is 4.79 Å². The van der Waals surface area contributed by atoms with E-state index in [0.717, 1.165) is 32.6 Å². The number of anilines is 1. The molecule has 0 aliphatic heterocycles.